The maximum atomic E-state index is 13.5. The fraction of sp³-hybridized carbons (Fsp3) is 0.469. The minimum Gasteiger partial charge on any atom is -0.497 e. The van der Waals surface area contributed by atoms with E-state index in [-0.39, 0.29) is 54.8 Å². The zero-order valence-corrected chi connectivity index (χ0v) is 25.8. The van der Waals surface area contributed by atoms with Crippen molar-refractivity contribution < 1.29 is 32.5 Å². The van der Waals surface area contributed by atoms with E-state index in [1.165, 1.54) is 41.1 Å². The molecule has 3 aliphatic rings. The minimum absolute atomic E-state index is 0.0111. The van der Waals surface area contributed by atoms with Crippen LogP contribution in [0.5, 0.6) is 5.75 Å². The summed E-state index contributed by atoms with van der Waals surface area (Å²) in [5, 5.41) is 16.1. The second kappa shape index (κ2) is 13.0. The normalized spacial score (nSPS) is 25.1. The highest BCUT2D eigenvalue weighted by molar-refractivity contribution is 7.89. The summed E-state index contributed by atoms with van der Waals surface area (Å²) in [5.41, 5.74) is 1.12. The largest absolute Gasteiger partial charge is 0.497 e. The molecular formula is C32H38N2O7S2. The van der Waals surface area contributed by atoms with Gasteiger partial charge in [-0.25, -0.2) is 8.42 Å². The van der Waals surface area contributed by atoms with Crippen LogP contribution in [0.1, 0.15) is 43.6 Å². The van der Waals surface area contributed by atoms with Gasteiger partial charge in [0.1, 0.15) is 5.75 Å². The number of carbonyl (C=O) groups is 1. The molecule has 2 heterocycles. The first-order chi connectivity index (χ1) is 20.9. The smallest absolute Gasteiger partial charge is 0.286 e. The van der Waals surface area contributed by atoms with E-state index in [1.807, 2.05) is 18.2 Å². The molecule has 2 bridgehead atoms. The van der Waals surface area contributed by atoms with Crippen LogP contribution >= 0.6 is 11.3 Å². The number of hydrogen-bond donors (Lipinski definition) is 2. The number of rotatable bonds is 12. The molecule has 2 N–H and O–H groups in total. The highest BCUT2D eigenvalue weighted by atomic mass is 32.2. The van der Waals surface area contributed by atoms with Crippen molar-refractivity contribution in [1.82, 2.24) is 9.62 Å². The van der Waals surface area contributed by atoms with Gasteiger partial charge in [-0.05, 0) is 83.8 Å². The summed E-state index contributed by atoms with van der Waals surface area (Å²) in [6.07, 6.45) is 6.26. The Kier molecular flexibility index (Phi) is 9.06. The molecule has 1 aliphatic heterocycles. The van der Waals surface area contributed by atoms with Crippen LogP contribution in [0.3, 0.4) is 0 Å². The minimum atomic E-state index is -3.88. The Morgan fingerprint density at radius 2 is 1.91 bits per heavy atom. The molecule has 1 aromatic heterocycles. The lowest BCUT2D eigenvalue weighted by molar-refractivity contribution is -0.147. The number of hydrogen-bond acceptors (Lipinski definition) is 8. The van der Waals surface area contributed by atoms with Crippen LogP contribution in [0.4, 0.5) is 0 Å². The second-order valence-electron chi connectivity index (χ2n) is 11.5. The van der Waals surface area contributed by atoms with E-state index in [2.05, 4.69) is 22.8 Å². The number of nitrogens with one attached hydrogen (secondary N) is 1. The number of ether oxygens (including phenoxy) is 3. The van der Waals surface area contributed by atoms with Crippen LogP contribution in [0.15, 0.2) is 70.6 Å². The van der Waals surface area contributed by atoms with Crippen molar-refractivity contribution in [1.29, 1.82) is 0 Å². The monoisotopic (exact) mass is 626 g/mol. The zero-order valence-electron chi connectivity index (χ0n) is 24.2. The molecule has 1 amide bonds. The average molecular weight is 627 g/mol. The fourth-order valence-electron chi connectivity index (χ4n) is 6.73. The maximum Gasteiger partial charge on any atom is 0.286 e. The lowest BCUT2D eigenvalue weighted by Gasteiger charge is -2.31. The third-order valence-electron chi connectivity index (χ3n) is 8.94. The third kappa shape index (κ3) is 6.46. The van der Waals surface area contributed by atoms with Gasteiger partial charge in [-0.3, -0.25) is 4.79 Å². The molecule has 0 saturated heterocycles. The first-order valence-corrected chi connectivity index (χ1v) is 17.2. The predicted molar refractivity (Wildman–Crippen MR) is 164 cm³/mol. The van der Waals surface area contributed by atoms with Crippen LogP contribution in [0.2, 0.25) is 0 Å². The van der Waals surface area contributed by atoms with Gasteiger partial charge in [0.2, 0.25) is 16.3 Å². The molecule has 2 fully saturated rings. The fourth-order valence-corrected chi connectivity index (χ4v) is 9.17. The van der Waals surface area contributed by atoms with Gasteiger partial charge in [-0.2, -0.15) is 4.31 Å². The number of fused-ring (bicyclic) bond motifs is 3. The molecule has 230 valence electrons. The van der Waals surface area contributed by atoms with Crippen molar-refractivity contribution in [2.24, 2.45) is 11.8 Å². The van der Waals surface area contributed by atoms with Gasteiger partial charge in [-0.1, -0.05) is 24.6 Å². The van der Waals surface area contributed by atoms with Gasteiger partial charge < -0.3 is 24.6 Å². The van der Waals surface area contributed by atoms with Gasteiger partial charge in [0.25, 0.3) is 5.91 Å². The molecule has 43 heavy (non-hydrogen) atoms. The zero-order chi connectivity index (χ0) is 30.0. The van der Waals surface area contributed by atoms with E-state index in [1.54, 1.807) is 23.5 Å². The molecular weight excluding hydrogens is 588 g/mol. The summed E-state index contributed by atoms with van der Waals surface area (Å²) in [6, 6.07) is 14.5. The van der Waals surface area contributed by atoms with Crippen LogP contribution in [-0.2, 0) is 24.3 Å². The molecule has 5 atom stereocenters. The van der Waals surface area contributed by atoms with E-state index >= 15 is 0 Å². The number of aliphatic hydroxyl groups excluding tert-OH is 1. The SMILES string of the molecule is COc1ccc(S(=O)(=O)N(CCO)CCO[C@H]2C[C@@H](c3csc4ccccc34)C=C(C(=O)NC3CC4CCC3C4)O2)cc1. The Bertz CT molecular complexity index is 1570. The van der Waals surface area contributed by atoms with Gasteiger partial charge in [0, 0.05) is 36.2 Å². The predicted octanol–water partition coefficient (Wildman–Crippen LogP) is 4.63. The second-order valence-corrected chi connectivity index (χ2v) is 14.4. The van der Waals surface area contributed by atoms with Crippen molar-refractivity contribution >= 4 is 37.4 Å². The molecule has 2 saturated carbocycles. The number of benzene rings is 2. The standard InChI is InChI=1S/C32H38N2O7S2/c1-39-24-8-10-25(11-9-24)43(37,38)34(12-14-35)13-15-40-31-19-23(27-20-42-30-5-3-2-4-26(27)30)18-29(41-31)32(36)33-28-17-21-6-7-22(28)16-21/h2-5,8-11,18,20-23,28,31,35H,6-7,12-17,19H2,1H3,(H,33,36)/t21?,22?,23-,28?,31+/m0/s1. The summed E-state index contributed by atoms with van der Waals surface area (Å²) < 4.78 is 46.4. The lowest BCUT2D eigenvalue weighted by Crippen LogP contribution is -2.41. The number of sulfonamides is 1. The molecule has 11 heteroatoms. The highest BCUT2D eigenvalue weighted by Crippen LogP contribution is 2.45. The van der Waals surface area contributed by atoms with Crippen molar-refractivity contribution in [3.63, 3.8) is 0 Å². The summed E-state index contributed by atoms with van der Waals surface area (Å²) in [5.74, 6) is 1.70. The number of amides is 1. The molecule has 2 aliphatic carbocycles. The molecule has 3 unspecified atom stereocenters. The lowest BCUT2D eigenvalue weighted by atomic mass is 9.92. The van der Waals surface area contributed by atoms with E-state index in [0.717, 1.165) is 23.8 Å². The number of methoxy groups -OCH3 is 1. The Balaban J connectivity index is 1.17. The number of carbonyl (C=O) groups excluding carboxylic acids is 1. The third-order valence-corrected chi connectivity index (χ3v) is 11.8. The van der Waals surface area contributed by atoms with Gasteiger partial charge in [-0.15, -0.1) is 11.3 Å². The molecule has 0 radical (unpaired) electrons. The summed E-state index contributed by atoms with van der Waals surface area (Å²) in [4.78, 5) is 13.6. The van der Waals surface area contributed by atoms with Crippen LogP contribution in [-0.4, -0.2) is 69.5 Å². The first kappa shape index (κ1) is 30.1. The number of allylic oxidation sites excluding steroid dienone is 1. The summed E-state index contributed by atoms with van der Waals surface area (Å²) >= 11 is 1.67. The summed E-state index contributed by atoms with van der Waals surface area (Å²) in [7, 11) is -2.37. The van der Waals surface area contributed by atoms with E-state index in [9.17, 15) is 18.3 Å². The number of nitrogens with zero attached hydrogens (tertiary/aromatic N) is 1. The quantitative estimate of drug-likeness (QED) is 0.301. The van der Waals surface area contributed by atoms with Gasteiger partial charge >= 0.3 is 0 Å². The molecule has 9 nitrogen and oxygen atoms in total. The van der Waals surface area contributed by atoms with E-state index < -0.39 is 16.3 Å². The average Bonchev–Trinajstić information content (AvgIpc) is 3.77. The van der Waals surface area contributed by atoms with Gasteiger partial charge in [0.05, 0.1) is 25.2 Å². The molecule has 3 aromatic rings. The number of thiophene rings is 1. The van der Waals surface area contributed by atoms with Gasteiger partial charge in [0.15, 0.2) is 5.76 Å². The Labute approximate surface area is 256 Å². The topological polar surface area (TPSA) is 114 Å². The van der Waals surface area contributed by atoms with Crippen molar-refractivity contribution in [2.75, 3.05) is 33.4 Å². The number of aliphatic hydroxyl groups is 1. The Morgan fingerprint density at radius 3 is 2.63 bits per heavy atom. The Morgan fingerprint density at radius 1 is 1.09 bits per heavy atom. The van der Waals surface area contributed by atoms with Crippen LogP contribution < -0.4 is 10.1 Å². The van der Waals surface area contributed by atoms with Crippen LogP contribution in [0.25, 0.3) is 10.1 Å². The molecule has 0 spiro atoms. The Hall–Kier alpha value is -2.96. The maximum absolute atomic E-state index is 13.5. The first-order valence-electron chi connectivity index (χ1n) is 14.9. The van der Waals surface area contributed by atoms with Crippen molar-refractivity contribution in [3.05, 3.63) is 71.3 Å². The van der Waals surface area contributed by atoms with E-state index in [0.29, 0.717) is 24.0 Å². The molecule has 2 aromatic carbocycles. The van der Waals surface area contributed by atoms with Crippen molar-refractivity contribution in [3.8, 4) is 5.75 Å². The highest BCUT2D eigenvalue weighted by Gasteiger charge is 2.41. The van der Waals surface area contributed by atoms with Crippen LogP contribution in [0, 0.1) is 11.8 Å². The summed E-state index contributed by atoms with van der Waals surface area (Å²) in [6.45, 7) is -0.377. The van der Waals surface area contributed by atoms with E-state index in [4.69, 9.17) is 14.2 Å². The van der Waals surface area contributed by atoms with Crippen molar-refractivity contribution in [2.45, 2.75) is 55.2 Å². The molecule has 6 rings (SSSR count).